The first-order valence-corrected chi connectivity index (χ1v) is 6.03. The number of nitrogens with zero attached hydrogens (tertiary/aromatic N) is 2. The molecule has 5 heteroatoms. The van der Waals surface area contributed by atoms with E-state index in [4.69, 9.17) is 0 Å². The molecule has 1 amide bonds. The summed E-state index contributed by atoms with van der Waals surface area (Å²) in [5.41, 5.74) is 0.817. The number of aromatic hydroxyl groups is 1. The Morgan fingerprint density at radius 3 is 2.22 bits per heavy atom. The van der Waals surface area contributed by atoms with Crippen LogP contribution < -0.4 is 5.01 Å². The minimum absolute atomic E-state index is 0. The lowest BCUT2D eigenvalue weighted by molar-refractivity contribution is -0.119. The van der Waals surface area contributed by atoms with Gasteiger partial charge in [0.1, 0.15) is 5.75 Å². The van der Waals surface area contributed by atoms with Gasteiger partial charge < -0.3 is 5.11 Å². The Morgan fingerprint density at radius 1 is 1.17 bits per heavy atom. The number of piperidine rings is 1. The fourth-order valence-electron chi connectivity index (χ4n) is 2.22. The summed E-state index contributed by atoms with van der Waals surface area (Å²) in [6, 6.07) is 6.75. The van der Waals surface area contributed by atoms with Gasteiger partial charge in [0, 0.05) is 20.0 Å². The van der Waals surface area contributed by atoms with Crippen LogP contribution in [0.5, 0.6) is 5.75 Å². The number of carbonyl (C=O) groups is 1. The number of halogens is 1. The number of hydrazine groups is 1. The summed E-state index contributed by atoms with van der Waals surface area (Å²) in [4.78, 5) is 11.8. The van der Waals surface area contributed by atoms with Gasteiger partial charge in [-0.2, -0.15) is 0 Å². The van der Waals surface area contributed by atoms with Gasteiger partial charge in [-0.25, -0.2) is 10.0 Å². The molecule has 0 unspecified atom stereocenters. The maximum absolute atomic E-state index is 11.8. The van der Waals surface area contributed by atoms with Crippen molar-refractivity contribution in [3.8, 4) is 5.75 Å². The molecule has 1 saturated heterocycles. The summed E-state index contributed by atoms with van der Waals surface area (Å²) >= 11 is 0. The molecule has 0 saturated carbocycles. The van der Waals surface area contributed by atoms with Crippen LogP contribution in [0, 0.1) is 0 Å². The van der Waals surface area contributed by atoms with Gasteiger partial charge in [-0.05, 0) is 37.1 Å². The van der Waals surface area contributed by atoms with Gasteiger partial charge in [-0.1, -0.05) is 6.42 Å². The fraction of sp³-hybridized carbons (Fsp3) is 0.462. The molecular weight excluding hydrogens is 252 g/mol. The Hall–Kier alpha value is -1.26. The van der Waals surface area contributed by atoms with Gasteiger partial charge in [0.05, 0.1) is 5.69 Å². The lowest BCUT2D eigenvalue weighted by Gasteiger charge is -2.36. The molecule has 1 aliphatic rings. The van der Waals surface area contributed by atoms with Gasteiger partial charge in [0.15, 0.2) is 0 Å². The van der Waals surface area contributed by atoms with Crippen molar-refractivity contribution in [3.63, 3.8) is 0 Å². The summed E-state index contributed by atoms with van der Waals surface area (Å²) in [5, 5.41) is 13.1. The zero-order chi connectivity index (χ0) is 12.3. The molecule has 0 atom stereocenters. The highest BCUT2D eigenvalue weighted by atomic mass is 35.5. The second-order valence-electron chi connectivity index (χ2n) is 4.36. The molecule has 1 aromatic carbocycles. The number of hydrogen-bond acceptors (Lipinski definition) is 3. The zero-order valence-electron chi connectivity index (χ0n) is 10.5. The molecule has 0 radical (unpaired) electrons. The Balaban J connectivity index is 0.00000162. The van der Waals surface area contributed by atoms with Crippen molar-refractivity contribution in [2.45, 2.75) is 26.2 Å². The van der Waals surface area contributed by atoms with Gasteiger partial charge in [-0.15, -0.1) is 12.4 Å². The van der Waals surface area contributed by atoms with Gasteiger partial charge >= 0.3 is 0 Å². The normalized spacial score (nSPS) is 15.8. The van der Waals surface area contributed by atoms with E-state index in [1.54, 1.807) is 36.2 Å². The molecule has 18 heavy (non-hydrogen) atoms. The minimum atomic E-state index is 0. The molecule has 2 rings (SSSR count). The van der Waals surface area contributed by atoms with E-state index in [9.17, 15) is 9.90 Å². The molecule has 0 aliphatic carbocycles. The predicted octanol–water partition coefficient (Wildman–Crippen LogP) is 2.57. The highest BCUT2D eigenvalue weighted by molar-refractivity contribution is 5.90. The van der Waals surface area contributed by atoms with Crippen molar-refractivity contribution in [2.75, 3.05) is 18.1 Å². The predicted molar refractivity (Wildman–Crippen MR) is 73.9 cm³/mol. The highest BCUT2D eigenvalue weighted by Gasteiger charge is 2.21. The number of phenolic OH excluding ortho intramolecular Hbond substituents is 1. The van der Waals surface area contributed by atoms with Crippen molar-refractivity contribution in [2.24, 2.45) is 0 Å². The van der Waals surface area contributed by atoms with E-state index in [1.165, 1.54) is 6.42 Å². The van der Waals surface area contributed by atoms with Crippen LogP contribution in [-0.2, 0) is 4.79 Å². The van der Waals surface area contributed by atoms with Crippen LogP contribution in [0.15, 0.2) is 24.3 Å². The Kier molecular flexibility index (Phi) is 5.44. The summed E-state index contributed by atoms with van der Waals surface area (Å²) in [7, 11) is 0. The first-order valence-electron chi connectivity index (χ1n) is 6.03. The third-order valence-corrected chi connectivity index (χ3v) is 3.01. The number of amides is 1. The Morgan fingerprint density at radius 2 is 1.72 bits per heavy atom. The van der Waals surface area contributed by atoms with E-state index < -0.39 is 0 Å². The number of benzene rings is 1. The average molecular weight is 271 g/mol. The molecule has 1 aromatic rings. The fourth-order valence-corrected chi connectivity index (χ4v) is 2.22. The van der Waals surface area contributed by atoms with Crippen LogP contribution in [0.2, 0.25) is 0 Å². The maximum Gasteiger partial charge on any atom is 0.238 e. The number of rotatable bonds is 2. The van der Waals surface area contributed by atoms with Crippen LogP contribution in [0.4, 0.5) is 5.69 Å². The van der Waals surface area contributed by atoms with Crippen molar-refractivity contribution in [1.29, 1.82) is 0 Å². The third-order valence-electron chi connectivity index (χ3n) is 3.01. The SMILES string of the molecule is CC(=O)N(c1ccc(O)cc1)N1CCCCC1.Cl. The summed E-state index contributed by atoms with van der Waals surface area (Å²) < 4.78 is 0. The molecule has 0 aromatic heterocycles. The standard InChI is InChI=1S/C13H18N2O2.ClH/c1-11(16)15(14-9-3-2-4-10-14)12-5-7-13(17)8-6-12;/h5-8,17H,2-4,9-10H2,1H3;1H. The average Bonchev–Trinajstić information content (AvgIpc) is 2.33. The van der Waals surface area contributed by atoms with Gasteiger partial charge in [0.2, 0.25) is 5.91 Å². The van der Waals surface area contributed by atoms with Crippen molar-refractivity contribution < 1.29 is 9.90 Å². The van der Waals surface area contributed by atoms with Crippen LogP contribution in [0.25, 0.3) is 0 Å². The number of phenols is 1. The maximum atomic E-state index is 11.8. The molecule has 0 spiro atoms. The Bertz CT molecular complexity index is 388. The zero-order valence-corrected chi connectivity index (χ0v) is 11.3. The molecule has 1 heterocycles. The number of hydrogen-bond donors (Lipinski definition) is 1. The van der Waals surface area contributed by atoms with Crippen LogP contribution >= 0.6 is 12.4 Å². The molecule has 1 fully saturated rings. The van der Waals surface area contributed by atoms with E-state index in [0.717, 1.165) is 31.6 Å². The largest absolute Gasteiger partial charge is 0.508 e. The van der Waals surface area contributed by atoms with Gasteiger partial charge in [-0.3, -0.25) is 4.79 Å². The molecule has 1 aliphatic heterocycles. The number of carbonyl (C=O) groups excluding carboxylic acids is 1. The lowest BCUT2D eigenvalue weighted by Crippen LogP contribution is -2.48. The van der Waals surface area contributed by atoms with E-state index in [1.807, 2.05) is 0 Å². The van der Waals surface area contributed by atoms with Gasteiger partial charge in [0.25, 0.3) is 0 Å². The summed E-state index contributed by atoms with van der Waals surface area (Å²) in [5.74, 6) is 0.230. The van der Waals surface area contributed by atoms with Crippen molar-refractivity contribution >= 4 is 24.0 Å². The monoisotopic (exact) mass is 270 g/mol. The van der Waals surface area contributed by atoms with Crippen molar-refractivity contribution in [1.82, 2.24) is 5.01 Å². The first-order chi connectivity index (χ1) is 8.18. The molecular formula is C13H19ClN2O2. The molecule has 100 valence electrons. The molecule has 1 N–H and O–H groups in total. The summed E-state index contributed by atoms with van der Waals surface area (Å²) in [6.45, 7) is 3.41. The van der Waals surface area contributed by atoms with Crippen LogP contribution in [0.1, 0.15) is 26.2 Å². The first kappa shape index (κ1) is 14.8. The Labute approximate surface area is 114 Å². The molecule has 0 bridgehead atoms. The quantitative estimate of drug-likeness (QED) is 0.898. The van der Waals surface area contributed by atoms with E-state index in [2.05, 4.69) is 5.01 Å². The van der Waals surface area contributed by atoms with Crippen LogP contribution in [-0.4, -0.2) is 29.1 Å². The van der Waals surface area contributed by atoms with Crippen LogP contribution in [0.3, 0.4) is 0 Å². The van der Waals surface area contributed by atoms with Crippen molar-refractivity contribution in [3.05, 3.63) is 24.3 Å². The highest BCUT2D eigenvalue weighted by Crippen LogP contribution is 2.22. The third kappa shape index (κ3) is 3.37. The van der Waals surface area contributed by atoms with E-state index in [-0.39, 0.29) is 24.1 Å². The second kappa shape index (κ2) is 6.61. The minimum Gasteiger partial charge on any atom is -0.508 e. The smallest absolute Gasteiger partial charge is 0.238 e. The number of anilines is 1. The van der Waals surface area contributed by atoms with E-state index in [0.29, 0.717) is 0 Å². The topological polar surface area (TPSA) is 43.8 Å². The lowest BCUT2D eigenvalue weighted by atomic mass is 10.1. The summed E-state index contributed by atoms with van der Waals surface area (Å²) in [6.07, 6.45) is 3.49. The molecule has 4 nitrogen and oxygen atoms in total. The second-order valence-corrected chi connectivity index (χ2v) is 4.36. The van der Waals surface area contributed by atoms with E-state index >= 15 is 0 Å².